The highest BCUT2D eigenvalue weighted by Gasteiger charge is 2.19. The first-order valence-corrected chi connectivity index (χ1v) is 9.23. The number of hydrogen-bond donors (Lipinski definition) is 0. The normalized spacial score (nSPS) is 14.3. The van der Waals surface area contributed by atoms with Crippen molar-refractivity contribution in [2.24, 2.45) is 4.99 Å². The lowest BCUT2D eigenvalue weighted by atomic mass is 10.1. The molecule has 4 nitrogen and oxygen atoms in total. The molecule has 1 aliphatic rings. The maximum Gasteiger partial charge on any atom is 0.143 e. The number of aryl methyl sites for hydroxylation is 1. The van der Waals surface area contributed by atoms with Crippen molar-refractivity contribution in [3.63, 3.8) is 0 Å². The molecular weight excluding hydrogens is 380 g/mol. The molecule has 0 aromatic heterocycles. The first kappa shape index (κ1) is 17.8. The second kappa shape index (κ2) is 7.91. The third-order valence-corrected chi connectivity index (χ3v) is 4.97. The number of methoxy groups -OCH3 is 2. The summed E-state index contributed by atoms with van der Waals surface area (Å²) in [6.07, 6.45) is 4.28. The lowest BCUT2D eigenvalue weighted by Crippen LogP contribution is -2.18. The Morgan fingerprint density at radius 1 is 1.04 bits per heavy atom. The van der Waals surface area contributed by atoms with Gasteiger partial charge in [0, 0.05) is 35.4 Å². The molecule has 2 aromatic carbocycles. The Bertz CT molecular complexity index is 784. The van der Waals surface area contributed by atoms with Gasteiger partial charge >= 0.3 is 0 Å². The monoisotopic (exact) mass is 402 g/mol. The molecule has 2 aromatic rings. The molecule has 1 saturated heterocycles. The van der Waals surface area contributed by atoms with Crippen LogP contribution >= 0.6 is 15.9 Å². The van der Waals surface area contributed by atoms with Gasteiger partial charge in [0.25, 0.3) is 0 Å². The van der Waals surface area contributed by atoms with Crippen molar-refractivity contribution >= 4 is 33.5 Å². The fourth-order valence-electron chi connectivity index (χ4n) is 3.11. The van der Waals surface area contributed by atoms with E-state index in [1.54, 1.807) is 14.2 Å². The summed E-state index contributed by atoms with van der Waals surface area (Å²) < 4.78 is 12.3. The fraction of sp³-hybridized carbons (Fsp3) is 0.350. The molecule has 25 heavy (non-hydrogen) atoms. The molecule has 1 aliphatic heterocycles. The number of rotatable bonds is 5. The third-order valence-electron chi connectivity index (χ3n) is 4.48. The van der Waals surface area contributed by atoms with Gasteiger partial charge in [-0.1, -0.05) is 15.9 Å². The van der Waals surface area contributed by atoms with E-state index < -0.39 is 0 Å². The minimum atomic E-state index is 0.807. The van der Waals surface area contributed by atoms with Crippen LogP contribution in [0.15, 0.2) is 39.8 Å². The Balaban J connectivity index is 1.96. The van der Waals surface area contributed by atoms with Gasteiger partial charge in [-0.3, -0.25) is 4.99 Å². The number of ether oxygens (including phenoxy) is 2. The van der Waals surface area contributed by atoms with Gasteiger partial charge < -0.3 is 14.4 Å². The molecular formula is C20H23BrN2O2. The minimum Gasteiger partial charge on any atom is -0.496 e. The quantitative estimate of drug-likeness (QED) is 0.650. The molecule has 0 aliphatic carbocycles. The third kappa shape index (κ3) is 3.98. The van der Waals surface area contributed by atoms with Crippen LogP contribution in [-0.2, 0) is 0 Å². The Hall–Kier alpha value is -2.01. The molecule has 132 valence electrons. The number of anilines is 1. The maximum atomic E-state index is 5.62. The smallest absolute Gasteiger partial charge is 0.143 e. The van der Waals surface area contributed by atoms with E-state index in [0.29, 0.717) is 0 Å². The Labute approximate surface area is 157 Å². The number of nitrogens with zero attached hydrogens (tertiary/aromatic N) is 2. The van der Waals surface area contributed by atoms with E-state index in [9.17, 15) is 0 Å². The number of aliphatic imine (C=N–C) groups is 1. The fourth-order valence-corrected chi connectivity index (χ4v) is 3.59. The lowest BCUT2D eigenvalue weighted by molar-refractivity contribution is 0.402. The first-order valence-electron chi connectivity index (χ1n) is 8.43. The van der Waals surface area contributed by atoms with Gasteiger partial charge in [0.2, 0.25) is 0 Å². The number of hydrogen-bond acceptors (Lipinski definition) is 4. The predicted molar refractivity (Wildman–Crippen MR) is 107 cm³/mol. The highest BCUT2D eigenvalue weighted by molar-refractivity contribution is 9.10. The summed E-state index contributed by atoms with van der Waals surface area (Å²) in [4.78, 5) is 6.98. The van der Waals surface area contributed by atoms with Crippen molar-refractivity contribution in [1.29, 1.82) is 0 Å². The van der Waals surface area contributed by atoms with Gasteiger partial charge in [0.05, 0.1) is 25.6 Å². The van der Waals surface area contributed by atoms with Crippen molar-refractivity contribution < 1.29 is 9.47 Å². The molecule has 5 heteroatoms. The zero-order valence-electron chi connectivity index (χ0n) is 14.9. The first-order chi connectivity index (χ1) is 12.1. The van der Waals surface area contributed by atoms with Crippen LogP contribution in [0.5, 0.6) is 11.5 Å². The molecule has 0 radical (unpaired) electrons. The predicted octanol–water partition coefficient (Wildman–Crippen LogP) is 5.13. The summed E-state index contributed by atoms with van der Waals surface area (Å²) in [6, 6.07) is 10.1. The molecule has 0 atom stereocenters. The van der Waals surface area contributed by atoms with E-state index in [1.807, 2.05) is 31.3 Å². The van der Waals surface area contributed by atoms with Crippen molar-refractivity contribution in [2.45, 2.75) is 19.8 Å². The molecule has 0 bridgehead atoms. The van der Waals surface area contributed by atoms with Crippen LogP contribution in [-0.4, -0.2) is 33.5 Å². The van der Waals surface area contributed by atoms with Gasteiger partial charge in [0.15, 0.2) is 0 Å². The average Bonchev–Trinajstić information content (AvgIpc) is 3.14. The highest BCUT2D eigenvalue weighted by Crippen LogP contribution is 2.36. The van der Waals surface area contributed by atoms with Crippen LogP contribution in [0.25, 0.3) is 0 Å². The largest absolute Gasteiger partial charge is 0.496 e. The van der Waals surface area contributed by atoms with E-state index in [2.05, 4.69) is 38.0 Å². The summed E-state index contributed by atoms with van der Waals surface area (Å²) in [5, 5.41) is 0. The lowest BCUT2D eigenvalue weighted by Gasteiger charge is -2.22. The highest BCUT2D eigenvalue weighted by atomic mass is 79.9. The molecule has 0 amide bonds. The van der Waals surface area contributed by atoms with E-state index in [-0.39, 0.29) is 0 Å². The van der Waals surface area contributed by atoms with Crippen LogP contribution in [0.2, 0.25) is 0 Å². The molecule has 3 rings (SSSR count). The van der Waals surface area contributed by atoms with Crippen molar-refractivity contribution in [3.05, 3.63) is 45.9 Å². The Morgan fingerprint density at radius 2 is 1.76 bits per heavy atom. The Morgan fingerprint density at radius 3 is 2.40 bits per heavy atom. The summed E-state index contributed by atoms with van der Waals surface area (Å²) in [6.45, 7) is 4.17. The number of benzene rings is 2. The molecule has 0 spiro atoms. The Kier molecular flexibility index (Phi) is 5.63. The number of halogens is 1. The molecule has 0 saturated carbocycles. The molecule has 0 unspecified atom stereocenters. The summed E-state index contributed by atoms with van der Waals surface area (Å²) in [5.74, 6) is 1.66. The minimum absolute atomic E-state index is 0.807. The van der Waals surface area contributed by atoms with Crippen LogP contribution in [0.4, 0.5) is 11.4 Å². The van der Waals surface area contributed by atoms with E-state index in [4.69, 9.17) is 9.47 Å². The van der Waals surface area contributed by atoms with E-state index >= 15 is 0 Å². The van der Waals surface area contributed by atoms with Crippen molar-refractivity contribution in [2.75, 3.05) is 32.2 Å². The van der Waals surface area contributed by atoms with Gasteiger partial charge in [-0.15, -0.1) is 0 Å². The van der Waals surface area contributed by atoms with Crippen LogP contribution in [0.3, 0.4) is 0 Å². The van der Waals surface area contributed by atoms with Gasteiger partial charge in [-0.25, -0.2) is 0 Å². The topological polar surface area (TPSA) is 34.1 Å². The second-order valence-electron chi connectivity index (χ2n) is 6.15. The van der Waals surface area contributed by atoms with Crippen LogP contribution in [0.1, 0.15) is 24.0 Å². The molecule has 1 heterocycles. The van der Waals surface area contributed by atoms with Gasteiger partial charge in [-0.05, 0) is 49.6 Å². The summed E-state index contributed by atoms with van der Waals surface area (Å²) >= 11 is 3.48. The molecule has 0 N–H and O–H groups in total. The molecule has 1 fully saturated rings. The van der Waals surface area contributed by atoms with Crippen LogP contribution < -0.4 is 14.4 Å². The SMILES string of the molecule is COc1cc(N2CCCC2)c(OC)cc1C=Nc1ccc(Br)cc1C. The standard InChI is InChI=1S/C20H23BrN2O2/c1-14-10-16(21)6-7-17(14)22-13-15-11-20(25-3)18(12-19(15)24-2)23-8-4-5-9-23/h6-7,10-13H,4-5,8-9H2,1-3H3. The second-order valence-corrected chi connectivity index (χ2v) is 7.06. The summed E-state index contributed by atoms with van der Waals surface area (Å²) in [7, 11) is 3.40. The van der Waals surface area contributed by atoms with Crippen molar-refractivity contribution in [3.8, 4) is 11.5 Å². The van der Waals surface area contributed by atoms with Crippen LogP contribution in [0, 0.1) is 6.92 Å². The maximum absolute atomic E-state index is 5.62. The summed E-state index contributed by atoms with van der Waals surface area (Å²) in [5.41, 5.74) is 4.05. The van der Waals surface area contributed by atoms with Gasteiger partial charge in [-0.2, -0.15) is 0 Å². The van der Waals surface area contributed by atoms with Crippen molar-refractivity contribution in [1.82, 2.24) is 0 Å². The zero-order valence-corrected chi connectivity index (χ0v) is 16.5. The average molecular weight is 403 g/mol. The van der Waals surface area contributed by atoms with E-state index in [1.165, 1.54) is 12.8 Å². The van der Waals surface area contributed by atoms with Gasteiger partial charge in [0.1, 0.15) is 11.5 Å². The van der Waals surface area contributed by atoms with E-state index in [0.717, 1.165) is 51.6 Å². The zero-order chi connectivity index (χ0) is 17.8.